The zero-order valence-electron chi connectivity index (χ0n) is 17.9. The number of phenols is 1. The van der Waals surface area contributed by atoms with Gasteiger partial charge in [-0.25, -0.2) is 10.1 Å². The Labute approximate surface area is 188 Å². The minimum absolute atomic E-state index is 0.00761. The number of hydrazone groups is 1. The Morgan fingerprint density at radius 2 is 2.00 bits per heavy atom. The van der Waals surface area contributed by atoms with Crippen LogP contribution in [0.25, 0.3) is 5.82 Å². The third-order valence-electron chi connectivity index (χ3n) is 4.85. The minimum atomic E-state index is -0.577. The SMILES string of the molecule is C/C(=N/NC(=O)c1nnn(-c2nonc2N)c1CN(C)c1ccccc1)c1cccc(O)c1. The van der Waals surface area contributed by atoms with Crippen molar-refractivity contribution in [3.63, 3.8) is 0 Å². The average molecular weight is 447 g/mol. The molecule has 33 heavy (non-hydrogen) atoms. The molecule has 2 heterocycles. The predicted molar refractivity (Wildman–Crippen MR) is 120 cm³/mol. The number of carbonyl (C=O) groups is 1. The summed E-state index contributed by atoms with van der Waals surface area (Å²) in [4.78, 5) is 14.9. The first-order valence-corrected chi connectivity index (χ1v) is 9.87. The van der Waals surface area contributed by atoms with Crippen molar-refractivity contribution in [2.75, 3.05) is 17.7 Å². The van der Waals surface area contributed by atoms with Crippen molar-refractivity contribution in [3.8, 4) is 11.6 Å². The number of benzene rings is 2. The summed E-state index contributed by atoms with van der Waals surface area (Å²) in [6.45, 7) is 1.96. The Bertz CT molecular complexity index is 1300. The van der Waals surface area contributed by atoms with E-state index in [2.05, 4.69) is 35.8 Å². The summed E-state index contributed by atoms with van der Waals surface area (Å²) in [5.74, 6) is -0.348. The first-order chi connectivity index (χ1) is 15.9. The van der Waals surface area contributed by atoms with Crippen LogP contribution in [0.2, 0.25) is 0 Å². The molecule has 0 spiro atoms. The summed E-state index contributed by atoms with van der Waals surface area (Å²) in [5.41, 5.74) is 10.8. The van der Waals surface area contributed by atoms with E-state index in [9.17, 15) is 9.90 Å². The maximum atomic E-state index is 13.0. The van der Waals surface area contributed by atoms with E-state index in [0.29, 0.717) is 17.0 Å². The highest BCUT2D eigenvalue weighted by Gasteiger charge is 2.25. The molecule has 0 unspecified atom stereocenters. The molecule has 4 rings (SSSR count). The van der Waals surface area contributed by atoms with Gasteiger partial charge in [-0.2, -0.15) is 9.78 Å². The smallest absolute Gasteiger partial charge is 0.293 e. The van der Waals surface area contributed by atoms with Gasteiger partial charge in [0, 0.05) is 18.3 Å². The number of para-hydroxylation sites is 1. The van der Waals surface area contributed by atoms with Crippen molar-refractivity contribution in [1.82, 2.24) is 30.7 Å². The maximum Gasteiger partial charge on any atom is 0.293 e. The fourth-order valence-corrected chi connectivity index (χ4v) is 3.11. The number of hydrogen-bond acceptors (Lipinski definition) is 10. The summed E-state index contributed by atoms with van der Waals surface area (Å²) in [5, 5.41) is 29.2. The molecule has 0 bridgehead atoms. The highest BCUT2D eigenvalue weighted by molar-refractivity contribution is 6.00. The van der Waals surface area contributed by atoms with Gasteiger partial charge in [-0.1, -0.05) is 35.5 Å². The number of anilines is 2. The molecule has 0 aliphatic heterocycles. The van der Waals surface area contributed by atoms with E-state index in [1.165, 1.54) is 4.68 Å². The molecule has 2 aromatic heterocycles. The number of amides is 1. The van der Waals surface area contributed by atoms with E-state index >= 15 is 0 Å². The zero-order chi connectivity index (χ0) is 23.4. The minimum Gasteiger partial charge on any atom is -0.508 e. The summed E-state index contributed by atoms with van der Waals surface area (Å²) in [6, 6.07) is 16.1. The maximum absolute atomic E-state index is 13.0. The van der Waals surface area contributed by atoms with Crippen LogP contribution in [0.15, 0.2) is 64.3 Å². The Morgan fingerprint density at radius 3 is 2.70 bits per heavy atom. The predicted octanol–water partition coefficient (Wildman–Crippen LogP) is 1.73. The van der Waals surface area contributed by atoms with E-state index in [1.807, 2.05) is 42.3 Å². The van der Waals surface area contributed by atoms with E-state index in [4.69, 9.17) is 5.73 Å². The molecule has 0 saturated carbocycles. The number of aromatic hydroxyl groups is 1. The van der Waals surface area contributed by atoms with Crippen LogP contribution < -0.4 is 16.1 Å². The molecule has 0 aliphatic carbocycles. The van der Waals surface area contributed by atoms with Crippen LogP contribution in [-0.2, 0) is 6.54 Å². The molecule has 0 radical (unpaired) electrons. The molecule has 12 heteroatoms. The van der Waals surface area contributed by atoms with E-state index in [0.717, 1.165) is 5.69 Å². The lowest BCUT2D eigenvalue weighted by Crippen LogP contribution is -2.25. The Morgan fingerprint density at radius 1 is 1.21 bits per heavy atom. The van der Waals surface area contributed by atoms with Gasteiger partial charge in [0.05, 0.1) is 18.0 Å². The highest BCUT2D eigenvalue weighted by Crippen LogP contribution is 2.20. The molecule has 4 N–H and O–H groups in total. The van der Waals surface area contributed by atoms with E-state index in [-0.39, 0.29) is 29.6 Å². The molecule has 0 fully saturated rings. The molecule has 12 nitrogen and oxygen atoms in total. The molecular formula is C21H21N9O3. The quantitative estimate of drug-likeness (QED) is 0.283. The van der Waals surface area contributed by atoms with Gasteiger partial charge < -0.3 is 15.7 Å². The number of nitrogen functional groups attached to an aromatic ring is 1. The zero-order valence-corrected chi connectivity index (χ0v) is 17.9. The van der Waals surface area contributed by atoms with Crippen molar-refractivity contribution in [1.29, 1.82) is 0 Å². The largest absolute Gasteiger partial charge is 0.508 e. The molecular weight excluding hydrogens is 426 g/mol. The van der Waals surface area contributed by atoms with Gasteiger partial charge in [-0.05, 0) is 41.5 Å². The third-order valence-corrected chi connectivity index (χ3v) is 4.85. The molecule has 1 amide bonds. The van der Waals surface area contributed by atoms with Crippen LogP contribution >= 0.6 is 0 Å². The second kappa shape index (κ2) is 9.18. The van der Waals surface area contributed by atoms with Crippen LogP contribution in [0.4, 0.5) is 11.5 Å². The second-order valence-electron chi connectivity index (χ2n) is 7.15. The summed E-state index contributed by atoms with van der Waals surface area (Å²) in [6.07, 6.45) is 0. The number of carbonyl (C=O) groups excluding carboxylic acids is 1. The van der Waals surface area contributed by atoms with Gasteiger partial charge >= 0.3 is 0 Å². The van der Waals surface area contributed by atoms with Crippen molar-refractivity contribution < 1.29 is 14.5 Å². The van der Waals surface area contributed by atoms with Gasteiger partial charge in [0.25, 0.3) is 5.91 Å². The van der Waals surface area contributed by atoms with Crippen molar-refractivity contribution >= 4 is 23.1 Å². The summed E-state index contributed by atoms with van der Waals surface area (Å²) >= 11 is 0. The van der Waals surface area contributed by atoms with Gasteiger partial charge in [-0.3, -0.25) is 4.79 Å². The molecule has 4 aromatic rings. The van der Waals surface area contributed by atoms with Gasteiger partial charge in [0.2, 0.25) is 11.6 Å². The van der Waals surface area contributed by atoms with Crippen LogP contribution in [0, 0.1) is 0 Å². The summed E-state index contributed by atoms with van der Waals surface area (Å²) < 4.78 is 5.99. The monoisotopic (exact) mass is 447 g/mol. The van der Waals surface area contributed by atoms with Gasteiger partial charge in [0.1, 0.15) is 5.75 Å². The normalized spacial score (nSPS) is 11.4. The number of nitrogens with two attached hydrogens (primary N) is 1. The van der Waals surface area contributed by atoms with Gasteiger partial charge in [0.15, 0.2) is 5.69 Å². The topological polar surface area (TPSA) is 161 Å². The van der Waals surface area contributed by atoms with Crippen molar-refractivity contribution in [3.05, 3.63) is 71.5 Å². The Kier molecular flexibility index (Phi) is 5.98. The molecule has 168 valence electrons. The van der Waals surface area contributed by atoms with Crippen LogP contribution in [0.1, 0.15) is 28.7 Å². The molecule has 0 atom stereocenters. The van der Waals surface area contributed by atoms with E-state index < -0.39 is 5.91 Å². The van der Waals surface area contributed by atoms with Crippen molar-refractivity contribution in [2.45, 2.75) is 13.5 Å². The third kappa shape index (κ3) is 4.63. The Hall–Kier alpha value is -4.74. The van der Waals surface area contributed by atoms with Crippen LogP contribution in [0.5, 0.6) is 5.75 Å². The number of hydrogen-bond donors (Lipinski definition) is 3. The van der Waals surface area contributed by atoms with Gasteiger partial charge in [-0.15, -0.1) is 5.10 Å². The number of aromatic nitrogens is 5. The molecule has 0 saturated heterocycles. The fraction of sp³-hybridized carbons (Fsp3) is 0.143. The lowest BCUT2D eigenvalue weighted by Gasteiger charge is -2.19. The average Bonchev–Trinajstić information content (AvgIpc) is 3.43. The number of rotatable bonds is 7. The molecule has 0 aliphatic rings. The number of nitrogens with one attached hydrogen (secondary N) is 1. The standard InChI is InChI=1S/C21H21N9O3/c1-13(14-7-6-10-16(31)11-14)23-25-21(32)18-17(12-29(2)15-8-4-3-5-9-15)30(28-24-18)20-19(22)26-33-27-20/h3-11,31H,12H2,1-2H3,(H2,22,26)(H,25,32)/b23-13-. The van der Waals surface area contributed by atoms with Crippen molar-refractivity contribution in [2.24, 2.45) is 5.10 Å². The summed E-state index contributed by atoms with van der Waals surface area (Å²) in [7, 11) is 1.86. The first-order valence-electron chi connectivity index (χ1n) is 9.87. The van der Waals surface area contributed by atoms with Crippen LogP contribution in [-0.4, -0.2) is 49.1 Å². The highest BCUT2D eigenvalue weighted by atomic mass is 16.6. The second-order valence-corrected chi connectivity index (χ2v) is 7.15. The molecule has 2 aromatic carbocycles. The van der Waals surface area contributed by atoms with E-state index in [1.54, 1.807) is 31.2 Å². The fourth-order valence-electron chi connectivity index (χ4n) is 3.11. The first kappa shape index (κ1) is 21.5. The lowest BCUT2D eigenvalue weighted by atomic mass is 10.1. The lowest BCUT2D eigenvalue weighted by molar-refractivity contribution is 0.0948. The van der Waals surface area contributed by atoms with Crippen LogP contribution in [0.3, 0.4) is 0 Å². The number of nitrogens with zero attached hydrogens (tertiary/aromatic N) is 7. The Balaban J connectivity index is 1.64. The number of phenolic OH excluding ortho intramolecular Hbond substituents is 1.